The van der Waals surface area contributed by atoms with E-state index < -0.39 is 17.9 Å². The van der Waals surface area contributed by atoms with Gasteiger partial charge in [0, 0.05) is 18.5 Å². The van der Waals surface area contributed by atoms with Crippen molar-refractivity contribution < 1.29 is 23.9 Å². The highest BCUT2D eigenvalue weighted by atomic mass is 16.5. The van der Waals surface area contributed by atoms with Gasteiger partial charge >= 0.3 is 5.97 Å². The molecule has 0 aromatic heterocycles. The molecule has 0 bridgehead atoms. The molecule has 1 aliphatic rings. The van der Waals surface area contributed by atoms with Gasteiger partial charge in [0.25, 0.3) is 0 Å². The quantitative estimate of drug-likeness (QED) is 0.464. The zero-order chi connectivity index (χ0) is 18.4. The zero-order valence-electron chi connectivity index (χ0n) is 14.4. The number of esters is 1. The van der Waals surface area contributed by atoms with Gasteiger partial charge in [-0.3, -0.25) is 19.3 Å². The summed E-state index contributed by atoms with van der Waals surface area (Å²) < 4.78 is 5.11. The summed E-state index contributed by atoms with van der Waals surface area (Å²) >= 11 is 0. The molecule has 134 valence electrons. The third-order valence-corrected chi connectivity index (χ3v) is 3.98. The number of unbranched alkanes of at least 4 members (excludes halogenated alkanes) is 1. The van der Waals surface area contributed by atoms with Crippen LogP contribution in [0, 0.1) is 0 Å². The van der Waals surface area contributed by atoms with E-state index >= 15 is 0 Å². The van der Waals surface area contributed by atoms with Crippen LogP contribution in [-0.2, 0) is 19.1 Å². The number of hydrogen-bond acceptors (Lipinski definition) is 5. The number of rotatable bonds is 7. The van der Waals surface area contributed by atoms with E-state index in [-0.39, 0.29) is 24.7 Å². The van der Waals surface area contributed by atoms with Crippen LogP contribution in [0.1, 0.15) is 49.9 Å². The van der Waals surface area contributed by atoms with Crippen molar-refractivity contribution in [1.29, 1.82) is 0 Å². The fraction of sp³-hybridized carbons (Fsp3) is 0.444. The van der Waals surface area contributed by atoms with Crippen LogP contribution in [0.4, 0.5) is 5.69 Å². The molecular formula is C18H22N2O5. The second-order valence-electron chi connectivity index (χ2n) is 5.89. The molecule has 0 aliphatic carbocycles. The molecule has 1 N–H and O–H groups in total. The van der Waals surface area contributed by atoms with E-state index in [2.05, 4.69) is 5.32 Å². The van der Waals surface area contributed by atoms with Gasteiger partial charge in [0.05, 0.1) is 12.2 Å². The lowest BCUT2D eigenvalue weighted by atomic mass is 10.2. The van der Waals surface area contributed by atoms with E-state index in [0.717, 1.165) is 17.7 Å². The molecule has 3 amide bonds. The van der Waals surface area contributed by atoms with Crippen molar-refractivity contribution in [2.45, 2.75) is 45.6 Å². The van der Waals surface area contributed by atoms with Gasteiger partial charge in [0.2, 0.25) is 17.7 Å². The number of anilines is 1. The van der Waals surface area contributed by atoms with Crippen molar-refractivity contribution in [2.24, 2.45) is 0 Å². The second-order valence-corrected chi connectivity index (χ2v) is 5.89. The van der Waals surface area contributed by atoms with Gasteiger partial charge < -0.3 is 10.1 Å². The molecule has 1 saturated heterocycles. The number of likely N-dealkylation sites (tertiary alicyclic amines) is 1. The molecule has 0 saturated carbocycles. The molecule has 1 heterocycles. The number of ether oxygens (including phenoxy) is 1. The maximum atomic E-state index is 12.2. The highest BCUT2D eigenvalue weighted by Crippen LogP contribution is 2.17. The first-order valence-electron chi connectivity index (χ1n) is 8.37. The molecule has 7 nitrogen and oxygen atoms in total. The molecular weight excluding hydrogens is 324 g/mol. The number of nitrogens with zero attached hydrogens (tertiary/aromatic N) is 1. The van der Waals surface area contributed by atoms with Crippen LogP contribution in [0.3, 0.4) is 0 Å². The van der Waals surface area contributed by atoms with Crippen molar-refractivity contribution in [2.75, 3.05) is 11.9 Å². The van der Waals surface area contributed by atoms with Crippen molar-refractivity contribution in [3.05, 3.63) is 29.8 Å². The monoisotopic (exact) mass is 346 g/mol. The van der Waals surface area contributed by atoms with Crippen molar-refractivity contribution in [3.8, 4) is 0 Å². The van der Waals surface area contributed by atoms with E-state index in [1.807, 2.05) is 6.92 Å². The molecule has 0 radical (unpaired) electrons. The Labute approximate surface area is 146 Å². The molecule has 0 unspecified atom stereocenters. The predicted octanol–water partition coefficient (Wildman–Crippen LogP) is 2.12. The molecule has 1 fully saturated rings. The van der Waals surface area contributed by atoms with Gasteiger partial charge in [0.15, 0.2) is 0 Å². The van der Waals surface area contributed by atoms with Crippen LogP contribution < -0.4 is 5.32 Å². The van der Waals surface area contributed by atoms with Gasteiger partial charge in [0.1, 0.15) is 6.04 Å². The second kappa shape index (κ2) is 8.41. The summed E-state index contributed by atoms with van der Waals surface area (Å²) in [5.74, 6) is -1.54. The molecule has 1 atom stereocenters. The SMILES string of the molecule is CCCCOC(=O)c1ccc(NC(=O)[C@H](C)N2C(=O)CCC2=O)cc1. The lowest BCUT2D eigenvalue weighted by molar-refractivity contribution is -0.144. The lowest BCUT2D eigenvalue weighted by Gasteiger charge is -2.21. The van der Waals surface area contributed by atoms with Gasteiger partial charge in [-0.1, -0.05) is 13.3 Å². The molecule has 1 aromatic carbocycles. The standard InChI is InChI=1S/C18H22N2O5/c1-3-4-11-25-18(24)13-5-7-14(8-6-13)19-17(23)12(2)20-15(21)9-10-16(20)22/h5-8,12H,3-4,9-11H2,1-2H3,(H,19,23)/t12-/m0/s1. The van der Waals surface area contributed by atoms with Crippen molar-refractivity contribution >= 4 is 29.4 Å². The van der Waals surface area contributed by atoms with Gasteiger partial charge in [-0.15, -0.1) is 0 Å². The topological polar surface area (TPSA) is 92.8 Å². The van der Waals surface area contributed by atoms with Crippen molar-refractivity contribution in [3.63, 3.8) is 0 Å². The normalized spacial score (nSPS) is 15.2. The van der Waals surface area contributed by atoms with Crippen LogP contribution in [0.15, 0.2) is 24.3 Å². The summed E-state index contributed by atoms with van der Waals surface area (Å²) in [6.45, 7) is 3.90. The number of imide groups is 1. The molecule has 0 spiro atoms. The first-order valence-corrected chi connectivity index (χ1v) is 8.37. The minimum Gasteiger partial charge on any atom is -0.462 e. The highest BCUT2D eigenvalue weighted by Gasteiger charge is 2.36. The number of nitrogens with one attached hydrogen (secondary N) is 1. The smallest absolute Gasteiger partial charge is 0.338 e. The average molecular weight is 346 g/mol. The van der Waals surface area contributed by atoms with Gasteiger partial charge in [-0.25, -0.2) is 4.79 Å². The zero-order valence-corrected chi connectivity index (χ0v) is 14.4. The van der Waals surface area contributed by atoms with E-state index in [9.17, 15) is 19.2 Å². The Bertz CT molecular complexity index is 653. The molecule has 2 rings (SSSR count). The fourth-order valence-corrected chi connectivity index (χ4v) is 2.47. The number of benzene rings is 1. The van der Waals surface area contributed by atoms with Gasteiger partial charge in [-0.05, 0) is 37.6 Å². The van der Waals surface area contributed by atoms with Crippen molar-refractivity contribution in [1.82, 2.24) is 4.90 Å². The Morgan fingerprint density at radius 2 is 1.76 bits per heavy atom. The van der Waals surface area contributed by atoms with E-state index in [1.54, 1.807) is 24.3 Å². The van der Waals surface area contributed by atoms with Crippen LogP contribution in [0.5, 0.6) is 0 Å². The average Bonchev–Trinajstić information content (AvgIpc) is 2.93. The van der Waals surface area contributed by atoms with E-state index in [4.69, 9.17) is 4.74 Å². The largest absolute Gasteiger partial charge is 0.462 e. The molecule has 7 heteroatoms. The molecule has 1 aromatic rings. The van der Waals surface area contributed by atoms with Crippen LogP contribution in [0.2, 0.25) is 0 Å². The minimum absolute atomic E-state index is 0.144. The summed E-state index contributed by atoms with van der Waals surface area (Å²) in [6, 6.07) is 5.39. The van der Waals surface area contributed by atoms with E-state index in [0.29, 0.717) is 17.9 Å². The summed E-state index contributed by atoms with van der Waals surface area (Å²) in [6.07, 6.45) is 2.04. The summed E-state index contributed by atoms with van der Waals surface area (Å²) in [7, 11) is 0. The first-order chi connectivity index (χ1) is 11.9. The lowest BCUT2D eigenvalue weighted by Crippen LogP contribution is -2.44. The summed E-state index contributed by atoms with van der Waals surface area (Å²) in [5.41, 5.74) is 0.869. The molecule has 1 aliphatic heterocycles. The maximum absolute atomic E-state index is 12.2. The van der Waals surface area contributed by atoms with E-state index in [1.165, 1.54) is 6.92 Å². The number of hydrogen-bond donors (Lipinski definition) is 1. The Kier molecular flexibility index (Phi) is 6.27. The Morgan fingerprint density at radius 3 is 2.32 bits per heavy atom. The predicted molar refractivity (Wildman–Crippen MR) is 90.8 cm³/mol. The maximum Gasteiger partial charge on any atom is 0.338 e. The fourth-order valence-electron chi connectivity index (χ4n) is 2.47. The number of carbonyl (C=O) groups is 4. The third-order valence-electron chi connectivity index (χ3n) is 3.98. The van der Waals surface area contributed by atoms with Crippen LogP contribution in [0.25, 0.3) is 0 Å². The molecule has 25 heavy (non-hydrogen) atoms. The Morgan fingerprint density at radius 1 is 1.16 bits per heavy atom. The number of amides is 3. The highest BCUT2D eigenvalue weighted by molar-refractivity contribution is 6.07. The minimum atomic E-state index is -0.874. The van der Waals surface area contributed by atoms with Gasteiger partial charge in [-0.2, -0.15) is 0 Å². The van der Waals surface area contributed by atoms with Crippen LogP contribution in [-0.4, -0.2) is 41.2 Å². The van der Waals surface area contributed by atoms with Crippen LogP contribution >= 0.6 is 0 Å². The summed E-state index contributed by atoms with van der Waals surface area (Å²) in [4.78, 5) is 48.4. The Hall–Kier alpha value is -2.70. The summed E-state index contributed by atoms with van der Waals surface area (Å²) in [5, 5.41) is 2.64. The third kappa shape index (κ3) is 4.65. The Balaban J connectivity index is 1.94. The first kappa shape index (κ1) is 18.6. The number of carbonyl (C=O) groups excluding carboxylic acids is 4.